The van der Waals surface area contributed by atoms with Gasteiger partial charge in [-0.25, -0.2) is 0 Å². The number of nitrogens with zero attached hydrogens (tertiary/aromatic N) is 3. The zero-order valence-electron chi connectivity index (χ0n) is 13.8. The fourth-order valence-corrected chi connectivity index (χ4v) is 2.74. The molecule has 0 aliphatic carbocycles. The molecule has 0 atom stereocenters. The molecule has 0 N–H and O–H groups in total. The van der Waals surface area contributed by atoms with Crippen molar-refractivity contribution in [3.8, 4) is 11.5 Å². The van der Waals surface area contributed by atoms with E-state index < -0.39 is 0 Å². The summed E-state index contributed by atoms with van der Waals surface area (Å²) >= 11 is 0. The van der Waals surface area contributed by atoms with Gasteiger partial charge in [-0.05, 0) is 0 Å². The molecule has 0 bridgehead atoms. The van der Waals surface area contributed by atoms with Crippen LogP contribution in [0, 0.1) is 0 Å². The Kier molecular flexibility index (Phi) is 3.94. The Morgan fingerprint density at radius 1 is 1.08 bits per heavy atom. The van der Waals surface area contributed by atoms with Gasteiger partial charge in [0.2, 0.25) is 0 Å². The second kappa shape index (κ2) is 6.40. The molecule has 0 amide bonds. The van der Waals surface area contributed by atoms with Gasteiger partial charge in [0, 0.05) is 6.20 Å². The Morgan fingerprint density at radius 3 is 2.84 bits per heavy atom. The summed E-state index contributed by atoms with van der Waals surface area (Å²) in [4.78, 5) is 8.55. The first-order valence-corrected chi connectivity index (χ1v) is 8.05. The van der Waals surface area contributed by atoms with Crippen LogP contribution in [0.15, 0.2) is 61.2 Å². The summed E-state index contributed by atoms with van der Waals surface area (Å²) in [5.74, 6) is 1.48. The molecule has 25 heavy (non-hydrogen) atoms. The van der Waals surface area contributed by atoms with Gasteiger partial charge in [-0.3, -0.25) is 0 Å². The molecule has 122 valence electrons. The predicted molar refractivity (Wildman–Crippen MR) is 99.9 cm³/mol. The number of benzene rings is 1. The number of aromatic nitrogens is 3. The second-order valence-corrected chi connectivity index (χ2v) is 5.58. The molecule has 0 fully saturated rings. The van der Waals surface area contributed by atoms with Gasteiger partial charge in [0.25, 0.3) is 0 Å². The van der Waals surface area contributed by atoms with Gasteiger partial charge >= 0.3 is 139 Å². The molecule has 0 radical (unpaired) electrons. The fraction of sp³-hybridized carbons (Fsp3) is 0.105. The standard InChI is InChI=1S/C19H16BN3O2/c1-2-24-19(20)17-12-22-18-10-16(6-8-23(17)18)25-15-4-3-13-5-7-21-11-14(13)9-15/h3-12,20H,2H2,1H3. The Morgan fingerprint density at radius 2 is 1.96 bits per heavy atom. The van der Waals surface area contributed by atoms with Crippen LogP contribution in [-0.4, -0.2) is 34.1 Å². The monoisotopic (exact) mass is 329 g/mol. The van der Waals surface area contributed by atoms with E-state index in [9.17, 15) is 0 Å². The van der Waals surface area contributed by atoms with Gasteiger partial charge in [-0.2, -0.15) is 0 Å². The topological polar surface area (TPSA) is 48.7 Å². The Labute approximate surface area is 145 Å². The van der Waals surface area contributed by atoms with Crippen molar-refractivity contribution in [2.75, 3.05) is 6.61 Å². The van der Waals surface area contributed by atoms with Gasteiger partial charge in [0.05, 0.1) is 0 Å². The molecule has 0 spiro atoms. The van der Waals surface area contributed by atoms with Crippen molar-refractivity contribution in [1.29, 1.82) is 0 Å². The molecule has 5 nitrogen and oxygen atoms in total. The van der Waals surface area contributed by atoms with E-state index in [1.807, 2.05) is 60.1 Å². The maximum absolute atomic E-state index is 5.98. The molecule has 0 aliphatic heterocycles. The van der Waals surface area contributed by atoms with Crippen molar-refractivity contribution in [3.63, 3.8) is 0 Å². The van der Waals surface area contributed by atoms with Gasteiger partial charge in [-0.15, -0.1) is 0 Å². The molecule has 4 aromatic rings. The molecule has 0 unspecified atom stereocenters. The quantitative estimate of drug-likeness (QED) is 0.528. The van der Waals surface area contributed by atoms with Crippen LogP contribution in [0.4, 0.5) is 0 Å². The molecular weight excluding hydrogens is 313 g/mol. The number of ether oxygens (including phenoxy) is 2. The Hall–Kier alpha value is -3.15. The number of rotatable bonds is 5. The minimum atomic E-state index is 0.573. The number of hydrogen-bond acceptors (Lipinski definition) is 4. The predicted octanol–water partition coefficient (Wildman–Crippen LogP) is 3.09. The molecular formula is C19H16BN3O2. The van der Waals surface area contributed by atoms with Crippen LogP contribution >= 0.6 is 0 Å². The number of fused-ring (bicyclic) bond motifs is 2. The Balaban J connectivity index is 1.64. The summed E-state index contributed by atoms with van der Waals surface area (Å²) in [6.07, 6.45) is 7.26. The third-order valence-electron chi connectivity index (χ3n) is 3.94. The first-order chi connectivity index (χ1) is 12.2. The van der Waals surface area contributed by atoms with Crippen molar-refractivity contribution >= 4 is 29.6 Å². The summed E-state index contributed by atoms with van der Waals surface area (Å²) in [7, 11) is 3.94. The summed E-state index contributed by atoms with van der Waals surface area (Å²) < 4.78 is 13.4. The van der Waals surface area contributed by atoms with E-state index >= 15 is 0 Å². The van der Waals surface area contributed by atoms with Crippen LogP contribution in [0.1, 0.15) is 12.6 Å². The van der Waals surface area contributed by atoms with Crippen molar-refractivity contribution < 1.29 is 9.47 Å². The van der Waals surface area contributed by atoms with Crippen molar-refractivity contribution in [1.82, 2.24) is 14.4 Å². The molecule has 3 heterocycles. The van der Waals surface area contributed by atoms with Gasteiger partial charge < -0.3 is 0 Å². The second-order valence-electron chi connectivity index (χ2n) is 5.58. The van der Waals surface area contributed by atoms with Gasteiger partial charge in [-0.1, -0.05) is 0 Å². The SMILES string of the molecule is B=C(OCC)c1cnc2cc(Oc3ccc4ccncc4c3)ccn12. The molecule has 0 saturated carbocycles. The Bertz CT molecular complexity index is 1070. The van der Waals surface area contributed by atoms with Crippen molar-refractivity contribution in [3.05, 3.63) is 66.9 Å². The van der Waals surface area contributed by atoms with Crippen LogP contribution in [-0.2, 0) is 4.74 Å². The van der Waals surface area contributed by atoms with Gasteiger partial charge in [0.1, 0.15) is 0 Å². The number of hydrogen-bond donors (Lipinski definition) is 0. The molecule has 3 aromatic heterocycles. The van der Waals surface area contributed by atoms with Crippen LogP contribution in [0.3, 0.4) is 0 Å². The first kappa shape index (κ1) is 15.4. The van der Waals surface area contributed by atoms with E-state index in [2.05, 4.69) is 17.5 Å². The average molecular weight is 329 g/mol. The third kappa shape index (κ3) is 2.98. The van der Waals surface area contributed by atoms with Crippen molar-refractivity contribution in [2.24, 2.45) is 0 Å². The van der Waals surface area contributed by atoms with E-state index in [-0.39, 0.29) is 0 Å². The van der Waals surface area contributed by atoms with Crippen LogP contribution in [0.5, 0.6) is 11.5 Å². The molecule has 6 heteroatoms. The number of pyridine rings is 2. The van der Waals surface area contributed by atoms with Crippen LogP contribution in [0.25, 0.3) is 16.4 Å². The molecule has 0 saturated heterocycles. The van der Waals surface area contributed by atoms with Crippen LogP contribution in [0.2, 0.25) is 0 Å². The zero-order valence-corrected chi connectivity index (χ0v) is 13.8. The van der Waals surface area contributed by atoms with E-state index in [1.165, 1.54) is 0 Å². The van der Waals surface area contributed by atoms with E-state index in [1.54, 1.807) is 12.4 Å². The normalized spacial score (nSPS) is 10.9. The van der Waals surface area contributed by atoms with Gasteiger partial charge in [0.15, 0.2) is 0 Å². The maximum atomic E-state index is 5.98. The molecule has 4 rings (SSSR count). The summed E-state index contributed by atoms with van der Waals surface area (Å²) in [6, 6.07) is 11.7. The zero-order chi connectivity index (χ0) is 17.2. The summed E-state index contributed by atoms with van der Waals surface area (Å²) in [6.45, 7) is 2.50. The van der Waals surface area contributed by atoms with E-state index in [0.29, 0.717) is 12.3 Å². The molecule has 1 aromatic carbocycles. The third-order valence-corrected chi connectivity index (χ3v) is 3.94. The first-order valence-electron chi connectivity index (χ1n) is 8.05. The fourth-order valence-electron chi connectivity index (χ4n) is 2.74. The average Bonchev–Trinajstić information content (AvgIpc) is 3.05. The summed E-state index contributed by atoms with van der Waals surface area (Å²) in [5, 5.41) is 2.17. The van der Waals surface area contributed by atoms with E-state index in [0.717, 1.165) is 33.6 Å². The van der Waals surface area contributed by atoms with Crippen molar-refractivity contribution in [2.45, 2.75) is 6.92 Å². The minimum absolute atomic E-state index is 0.573. The number of imidazole rings is 1. The van der Waals surface area contributed by atoms with Crippen LogP contribution < -0.4 is 4.74 Å². The summed E-state index contributed by atoms with van der Waals surface area (Å²) in [5.41, 5.74) is 2.21. The molecule has 0 aliphatic rings. The van der Waals surface area contributed by atoms with E-state index in [4.69, 9.17) is 9.47 Å².